The molecule has 17 heavy (non-hydrogen) atoms. The Morgan fingerprint density at radius 2 is 1.94 bits per heavy atom. The first-order valence-electron chi connectivity index (χ1n) is 5.54. The Morgan fingerprint density at radius 3 is 2.47 bits per heavy atom. The van der Waals surface area contributed by atoms with Gasteiger partial charge in [0.2, 0.25) is 0 Å². The average Bonchev–Trinajstić information content (AvgIpc) is 2.73. The maximum Gasteiger partial charge on any atom is 0.159 e. The van der Waals surface area contributed by atoms with E-state index in [2.05, 4.69) is 23.7 Å². The predicted molar refractivity (Wildman–Crippen MR) is 72.8 cm³/mol. The lowest BCUT2D eigenvalue weighted by Crippen LogP contribution is -1.99. The highest BCUT2D eigenvalue weighted by Gasteiger charge is 2.01. The zero-order valence-electron chi connectivity index (χ0n) is 9.99. The van der Waals surface area contributed by atoms with E-state index in [0.29, 0.717) is 0 Å². The Labute approximate surface area is 105 Å². The molecule has 2 rings (SSSR count). The van der Waals surface area contributed by atoms with Crippen LogP contribution in [0, 0.1) is 6.92 Å². The summed E-state index contributed by atoms with van der Waals surface area (Å²) in [7, 11) is 0. The number of benzene rings is 1. The number of ketones is 1. The van der Waals surface area contributed by atoms with Gasteiger partial charge in [-0.25, -0.2) is 0 Å². The van der Waals surface area contributed by atoms with Gasteiger partial charge in [0.15, 0.2) is 5.78 Å². The second-order valence-electron chi connectivity index (χ2n) is 4.01. The molecule has 2 aromatic rings. The van der Waals surface area contributed by atoms with E-state index in [0.717, 1.165) is 17.8 Å². The molecular weight excluding hydrogens is 230 g/mol. The smallest absolute Gasteiger partial charge is 0.159 e. The van der Waals surface area contributed by atoms with Crippen molar-refractivity contribution in [3.63, 3.8) is 0 Å². The molecule has 0 aliphatic heterocycles. The maximum absolute atomic E-state index is 11.1. The Bertz CT molecular complexity index is 513. The molecule has 0 aliphatic rings. The number of aryl methyl sites for hydroxylation is 1. The summed E-state index contributed by atoms with van der Waals surface area (Å²) in [6.45, 7) is 4.53. The summed E-state index contributed by atoms with van der Waals surface area (Å²) in [6, 6.07) is 9.72. The lowest BCUT2D eigenvalue weighted by atomic mass is 10.1. The largest absolute Gasteiger partial charge is 0.380 e. The highest BCUT2D eigenvalue weighted by molar-refractivity contribution is 7.10. The lowest BCUT2D eigenvalue weighted by molar-refractivity contribution is 0.101. The van der Waals surface area contributed by atoms with Crippen molar-refractivity contribution < 1.29 is 4.79 Å². The van der Waals surface area contributed by atoms with Gasteiger partial charge in [0, 0.05) is 22.7 Å². The van der Waals surface area contributed by atoms with Gasteiger partial charge in [-0.15, -0.1) is 11.3 Å². The minimum absolute atomic E-state index is 0.102. The van der Waals surface area contributed by atoms with Crippen LogP contribution in [0.1, 0.15) is 27.7 Å². The van der Waals surface area contributed by atoms with Gasteiger partial charge in [0.05, 0.1) is 0 Å². The van der Waals surface area contributed by atoms with E-state index in [9.17, 15) is 4.79 Å². The SMILES string of the molecule is CC(=O)c1ccc(NCc2sccc2C)cc1. The number of carbonyl (C=O) groups excluding carboxylic acids is 1. The van der Waals surface area contributed by atoms with Crippen LogP contribution in [0.15, 0.2) is 35.7 Å². The van der Waals surface area contributed by atoms with Crippen molar-refractivity contribution in [3.05, 3.63) is 51.7 Å². The van der Waals surface area contributed by atoms with Gasteiger partial charge in [-0.05, 0) is 55.1 Å². The molecule has 1 N–H and O–H groups in total. The molecule has 1 heterocycles. The number of hydrogen-bond acceptors (Lipinski definition) is 3. The van der Waals surface area contributed by atoms with Crippen molar-refractivity contribution in [1.82, 2.24) is 0 Å². The topological polar surface area (TPSA) is 29.1 Å². The molecule has 1 aromatic carbocycles. The molecule has 88 valence electrons. The number of Topliss-reactive ketones (excluding diaryl/α,β-unsaturated/α-hetero) is 1. The van der Waals surface area contributed by atoms with E-state index in [1.807, 2.05) is 24.3 Å². The van der Waals surface area contributed by atoms with Crippen LogP contribution in [0.3, 0.4) is 0 Å². The van der Waals surface area contributed by atoms with Crippen LogP contribution in [0.25, 0.3) is 0 Å². The minimum atomic E-state index is 0.102. The molecule has 0 aliphatic carbocycles. The molecule has 0 saturated heterocycles. The first-order chi connectivity index (χ1) is 8.16. The molecule has 0 saturated carbocycles. The molecule has 0 atom stereocenters. The normalized spacial score (nSPS) is 10.2. The highest BCUT2D eigenvalue weighted by Crippen LogP contribution is 2.18. The van der Waals surface area contributed by atoms with Gasteiger partial charge in [0.25, 0.3) is 0 Å². The van der Waals surface area contributed by atoms with Gasteiger partial charge in [-0.1, -0.05) is 0 Å². The second-order valence-corrected chi connectivity index (χ2v) is 5.01. The number of rotatable bonds is 4. The summed E-state index contributed by atoms with van der Waals surface area (Å²) < 4.78 is 0. The Hall–Kier alpha value is -1.61. The fourth-order valence-electron chi connectivity index (χ4n) is 1.59. The molecule has 3 heteroatoms. The average molecular weight is 245 g/mol. The Morgan fingerprint density at radius 1 is 1.24 bits per heavy atom. The van der Waals surface area contributed by atoms with Gasteiger partial charge in [-0.2, -0.15) is 0 Å². The summed E-state index contributed by atoms with van der Waals surface area (Å²) >= 11 is 1.76. The summed E-state index contributed by atoms with van der Waals surface area (Å²) in [4.78, 5) is 12.5. The van der Waals surface area contributed by atoms with Crippen molar-refractivity contribution in [2.24, 2.45) is 0 Å². The van der Waals surface area contributed by atoms with E-state index < -0.39 is 0 Å². The Kier molecular flexibility index (Phi) is 3.59. The number of hydrogen-bond donors (Lipinski definition) is 1. The van der Waals surface area contributed by atoms with Crippen LogP contribution in [0.5, 0.6) is 0 Å². The van der Waals surface area contributed by atoms with Gasteiger partial charge < -0.3 is 5.32 Å². The highest BCUT2D eigenvalue weighted by atomic mass is 32.1. The van der Waals surface area contributed by atoms with Crippen molar-refractivity contribution in [3.8, 4) is 0 Å². The van der Waals surface area contributed by atoms with Crippen molar-refractivity contribution in [1.29, 1.82) is 0 Å². The fourth-order valence-corrected chi connectivity index (χ4v) is 2.44. The second kappa shape index (κ2) is 5.15. The van der Waals surface area contributed by atoms with Crippen LogP contribution >= 0.6 is 11.3 Å². The number of anilines is 1. The van der Waals surface area contributed by atoms with E-state index in [-0.39, 0.29) is 5.78 Å². The summed E-state index contributed by atoms with van der Waals surface area (Å²) in [6.07, 6.45) is 0. The van der Waals surface area contributed by atoms with Crippen molar-refractivity contribution >= 4 is 22.8 Å². The third-order valence-electron chi connectivity index (χ3n) is 2.71. The molecule has 0 bridgehead atoms. The minimum Gasteiger partial charge on any atom is -0.380 e. The standard InChI is InChI=1S/C14H15NOS/c1-10-7-8-17-14(10)9-15-13-5-3-12(4-6-13)11(2)16/h3-8,15H,9H2,1-2H3. The third-order valence-corrected chi connectivity index (χ3v) is 3.74. The van der Waals surface area contributed by atoms with E-state index in [1.165, 1.54) is 10.4 Å². The number of nitrogens with one attached hydrogen (secondary N) is 1. The van der Waals surface area contributed by atoms with Crippen LogP contribution in [-0.2, 0) is 6.54 Å². The van der Waals surface area contributed by atoms with Gasteiger partial charge >= 0.3 is 0 Å². The number of carbonyl (C=O) groups is 1. The summed E-state index contributed by atoms with van der Waals surface area (Å²) in [5, 5.41) is 5.46. The zero-order chi connectivity index (χ0) is 12.3. The van der Waals surface area contributed by atoms with E-state index in [1.54, 1.807) is 18.3 Å². The first kappa shape index (κ1) is 11.9. The van der Waals surface area contributed by atoms with Gasteiger partial charge in [-0.3, -0.25) is 4.79 Å². The fraction of sp³-hybridized carbons (Fsp3) is 0.214. The van der Waals surface area contributed by atoms with Crippen molar-refractivity contribution in [2.45, 2.75) is 20.4 Å². The third kappa shape index (κ3) is 2.94. The van der Waals surface area contributed by atoms with E-state index >= 15 is 0 Å². The number of thiophene rings is 1. The molecule has 0 spiro atoms. The zero-order valence-corrected chi connectivity index (χ0v) is 10.8. The van der Waals surface area contributed by atoms with Crippen LogP contribution in [0.4, 0.5) is 5.69 Å². The molecule has 0 unspecified atom stereocenters. The monoisotopic (exact) mass is 245 g/mol. The van der Waals surface area contributed by atoms with Crippen LogP contribution in [-0.4, -0.2) is 5.78 Å². The van der Waals surface area contributed by atoms with E-state index in [4.69, 9.17) is 0 Å². The molecule has 0 radical (unpaired) electrons. The molecule has 1 aromatic heterocycles. The molecule has 0 amide bonds. The quantitative estimate of drug-likeness (QED) is 0.828. The maximum atomic E-state index is 11.1. The Balaban J connectivity index is 2.00. The lowest BCUT2D eigenvalue weighted by Gasteiger charge is -2.06. The summed E-state index contributed by atoms with van der Waals surface area (Å²) in [5.74, 6) is 0.102. The van der Waals surface area contributed by atoms with Gasteiger partial charge in [0.1, 0.15) is 0 Å². The summed E-state index contributed by atoms with van der Waals surface area (Å²) in [5.41, 5.74) is 3.12. The first-order valence-corrected chi connectivity index (χ1v) is 6.42. The van der Waals surface area contributed by atoms with Crippen LogP contribution in [0.2, 0.25) is 0 Å². The molecule has 0 fully saturated rings. The predicted octanol–water partition coefficient (Wildman–Crippen LogP) is 3.87. The molecule has 2 nitrogen and oxygen atoms in total. The molecular formula is C14H15NOS. The van der Waals surface area contributed by atoms with Crippen LogP contribution < -0.4 is 5.32 Å². The van der Waals surface area contributed by atoms with Crippen molar-refractivity contribution in [2.75, 3.05) is 5.32 Å².